The first-order valence-electron chi connectivity index (χ1n) is 2.57. The van der Waals surface area contributed by atoms with E-state index in [1.165, 1.54) is 0 Å². The molecule has 0 bridgehead atoms. The zero-order valence-corrected chi connectivity index (χ0v) is 6.26. The molecule has 0 spiro atoms. The molecule has 68 valence electrons. The molecule has 0 aromatic carbocycles. The van der Waals surface area contributed by atoms with E-state index < -0.39 is 15.6 Å². The minimum Gasteiger partial charge on any atom is -0.103 e. The Morgan fingerprint density at radius 2 is 1.55 bits per heavy atom. The lowest BCUT2D eigenvalue weighted by atomic mass is 10.4. The smallest absolute Gasteiger partial charge is 0.103 e. The fourth-order valence-corrected chi connectivity index (χ4v) is 0.808. The van der Waals surface area contributed by atoms with Crippen LogP contribution in [0.1, 0.15) is 6.42 Å². The molecule has 0 saturated heterocycles. The molecule has 0 aromatic rings. The molecule has 0 nitrogen and oxygen atoms in total. The molecule has 0 heterocycles. The largest absolute Gasteiger partial charge is 0.304 e. The van der Waals surface area contributed by atoms with Gasteiger partial charge in [-0.25, -0.2) is 0 Å². The fourth-order valence-electron chi connectivity index (χ4n) is 0.334. The van der Waals surface area contributed by atoms with Crippen molar-refractivity contribution < 1.29 is 19.4 Å². The number of halogens is 5. The van der Waals surface area contributed by atoms with Crippen LogP contribution >= 0.6 is 10.2 Å². The molecule has 0 aliphatic rings. The van der Waals surface area contributed by atoms with Gasteiger partial charge in [-0.1, -0.05) is 31.6 Å². The highest BCUT2D eigenvalue weighted by atomic mass is 32.5. The first-order chi connectivity index (χ1) is 4.54. The van der Waals surface area contributed by atoms with Gasteiger partial charge in [0, 0.05) is 0 Å². The summed E-state index contributed by atoms with van der Waals surface area (Å²) < 4.78 is 57.1. The SMILES string of the molecule is C=CC/C=C/S(F)(F)(F)(F)F. The maximum absolute atomic E-state index is 11.4. The Hall–Kier alpha value is -0.520. The van der Waals surface area contributed by atoms with Crippen molar-refractivity contribution in [3.63, 3.8) is 0 Å². The number of rotatable bonds is 3. The van der Waals surface area contributed by atoms with Gasteiger partial charge in [0.05, 0.1) is 5.41 Å². The lowest BCUT2D eigenvalue weighted by Gasteiger charge is -2.36. The molecule has 0 amide bonds. The number of hydrogen-bond donors (Lipinski definition) is 0. The molecule has 0 N–H and O–H groups in total. The summed E-state index contributed by atoms with van der Waals surface area (Å²) in [6.07, 6.45) is 1.22. The van der Waals surface area contributed by atoms with Gasteiger partial charge < -0.3 is 0 Å². The van der Waals surface area contributed by atoms with Gasteiger partial charge in [-0.05, 0) is 6.42 Å². The van der Waals surface area contributed by atoms with Crippen LogP contribution in [0.2, 0.25) is 0 Å². The van der Waals surface area contributed by atoms with Gasteiger partial charge in [0.15, 0.2) is 0 Å². The lowest BCUT2D eigenvalue weighted by Crippen LogP contribution is -1.98. The predicted molar refractivity (Wildman–Crippen MR) is 37.1 cm³/mol. The summed E-state index contributed by atoms with van der Waals surface area (Å²) in [4.78, 5) is 0. The Bertz CT molecular complexity index is 184. The Balaban J connectivity index is 4.49. The lowest BCUT2D eigenvalue weighted by molar-refractivity contribution is 0.384. The molecule has 0 saturated carbocycles. The average Bonchev–Trinajstić information content (AvgIpc) is 1.59. The highest BCUT2D eigenvalue weighted by molar-refractivity contribution is 8.48. The van der Waals surface area contributed by atoms with Crippen LogP contribution in [0.25, 0.3) is 0 Å². The fraction of sp³-hybridized carbons (Fsp3) is 0.200. The van der Waals surface area contributed by atoms with Crippen molar-refractivity contribution in [3.8, 4) is 0 Å². The van der Waals surface area contributed by atoms with Crippen LogP contribution in [0.15, 0.2) is 24.1 Å². The minimum absolute atomic E-state index is 0.217. The van der Waals surface area contributed by atoms with Gasteiger partial charge in [0.1, 0.15) is 0 Å². The van der Waals surface area contributed by atoms with Crippen molar-refractivity contribution in [1.82, 2.24) is 0 Å². The predicted octanol–water partition coefficient (Wildman–Crippen LogP) is 4.37. The van der Waals surface area contributed by atoms with Crippen molar-refractivity contribution in [3.05, 3.63) is 24.1 Å². The molecule has 0 fully saturated rings. The highest BCUT2D eigenvalue weighted by Crippen LogP contribution is 2.98. The number of allylic oxidation sites excluding steroid dienone is 2. The maximum atomic E-state index is 11.4. The normalized spacial score (nSPS) is 19.4. The zero-order chi connectivity index (χ0) is 9.24. The van der Waals surface area contributed by atoms with Crippen LogP contribution in [-0.4, -0.2) is 0 Å². The van der Waals surface area contributed by atoms with Crippen LogP contribution in [0, 0.1) is 0 Å². The van der Waals surface area contributed by atoms with Crippen LogP contribution < -0.4 is 0 Å². The van der Waals surface area contributed by atoms with E-state index in [-0.39, 0.29) is 6.42 Å². The Labute approximate surface area is 61.1 Å². The molecular formula is C5H7F5S. The second-order valence-corrected chi connectivity index (χ2v) is 4.25. The van der Waals surface area contributed by atoms with E-state index >= 15 is 0 Å². The van der Waals surface area contributed by atoms with E-state index in [1.54, 1.807) is 0 Å². The summed E-state index contributed by atoms with van der Waals surface area (Å²) in [5.41, 5.74) is 0. The first-order valence-corrected chi connectivity index (χ1v) is 4.58. The minimum atomic E-state index is -9.30. The number of hydrogen-bond acceptors (Lipinski definition) is 0. The second kappa shape index (κ2) is 2.00. The third kappa shape index (κ3) is 9.48. The molecule has 0 radical (unpaired) electrons. The van der Waals surface area contributed by atoms with Gasteiger partial charge in [-0.3, -0.25) is 0 Å². The average molecular weight is 194 g/mol. The van der Waals surface area contributed by atoms with Crippen LogP contribution in [-0.2, 0) is 0 Å². The van der Waals surface area contributed by atoms with E-state index in [4.69, 9.17) is 0 Å². The molecule has 11 heavy (non-hydrogen) atoms. The van der Waals surface area contributed by atoms with Gasteiger partial charge >= 0.3 is 10.2 Å². The summed E-state index contributed by atoms with van der Waals surface area (Å²) in [5.74, 6) is 0. The second-order valence-electron chi connectivity index (χ2n) is 1.92. The molecule has 0 aromatic heterocycles. The molecular weight excluding hydrogens is 187 g/mol. The van der Waals surface area contributed by atoms with E-state index in [0.29, 0.717) is 6.08 Å². The van der Waals surface area contributed by atoms with Crippen LogP contribution in [0.4, 0.5) is 19.4 Å². The highest BCUT2D eigenvalue weighted by Gasteiger charge is 2.60. The van der Waals surface area contributed by atoms with Gasteiger partial charge in [-0.2, -0.15) is 0 Å². The first kappa shape index (κ1) is 10.5. The molecule has 0 atom stereocenters. The summed E-state index contributed by atoms with van der Waals surface area (Å²) >= 11 is 0. The molecule has 6 heteroatoms. The standard InChI is InChI=1S/C5H7F5S/c1-2-3-4-5-11(6,7,8,9)10/h2,4-5H,1,3H2/b5-4+. The van der Waals surface area contributed by atoms with Gasteiger partial charge in [0.25, 0.3) is 0 Å². The summed E-state index contributed by atoms with van der Waals surface area (Å²) in [5, 5.41) is -0.971. The topological polar surface area (TPSA) is 0 Å². The Kier molecular flexibility index (Phi) is 1.90. The van der Waals surface area contributed by atoms with Crippen molar-refractivity contribution in [2.75, 3.05) is 0 Å². The summed E-state index contributed by atoms with van der Waals surface area (Å²) in [7, 11) is -9.30. The van der Waals surface area contributed by atoms with E-state index in [1.807, 2.05) is 0 Å². The van der Waals surface area contributed by atoms with Crippen molar-refractivity contribution in [2.45, 2.75) is 6.42 Å². The van der Waals surface area contributed by atoms with Crippen molar-refractivity contribution in [1.29, 1.82) is 0 Å². The van der Waals surface area contributed by atoms with Gasteiger partial charge in [0.2, 0.25) is 0 Å². The Morgan fingerprint density at radius 1 is 1.09 bits per heavy atom. The Morgan fingerprint density at radius 3 is 1.82 bits per heavy atom. The molecule has 0 unspecified atom stereocenters. The third-order valence-electron chi connectivity index (χ3n) is 0.656. The van der Waals surface area contributed by atoms with Crippen molar-refractivity contribution >= 4 is 10.2 Å². The molecule has 0 rings (SSSR count). The van der Waals surface area contributed by atoms with Crippen molar-refractivity contribution in [2.24, 2.45) is 0 Å². The van der Waals surface area contributed by atoms with E-state index in [9.17, 15) is 19.4 Å². The molecule has 0 aliphatic carbocycles. The monoisotopic (exact) mass is 194 g/mol. The summed E-state index contributed by atoms with van der Waals surface area (Å²) in [6, 6.07) is 0. The summed E-state index contributed by atoms with van der Waals surface area (Å²) in [6.45, 7) is 3.08. The van der Waals surface area contributed by atoms with Crippen LogP contribution in [0.3, 0.4) is 0 Å². The van der Waals surface area contributed by atoms with E-state index in [2.05, 4.69) is 6.58 Å². The maximum Gasteiger partial charge on any atom is 0.304 e. The van der Waals surface area contributed by atoms with E-state index in [0.717, 1.165) is 6.08 Å². The van der Waals surface area contributed by atoms with Gasteiger partial charge in [-0.15, -0.1) is 6.58 Å². The third-order valence-corrected chi connectivity index (χ3v) is 1.36. The molecule has 0 aliphatic heterocycles. The van der Waals surface area contributed by atoms with Crippen LogP contribution in [0.5, 0.6) is 0 Å². The zero-order valence-electron chi connectivity index (χ0n) is 5.44. The quantitative estimate of drug-likeness (QED) is 0.462.